The van der Waals surface area contributed by atoms with E-state index in [1.165, 1.54) is 6.42 Å². The number of fused-ring (bicyclic) bond motifs is 2. The van der Waals surface area contributed by atoms with Crippen molar-refractivity contribution in [3.63, 3.8) is 0 Å². The Morgan fingerprint density at radius 1 is 1.55 bits per heavy atom. The van der Waals surface area contributed by atoms with Gasteiger partial charge in [0.25, 0.3) is 0 Å². The van der Waals surface area contributed by atoms with E-state index in [0.717, 1.165) is 6.42 Å². The van der Waals surface area contributed by atoms with Crippen LogP contribution in [0.1, 0.15) is 19.8 Å². The van der Waals surface area contributed by atoms with Crippen LogP contribution >= 0.6 is 23.2 Å². The van der Waals surface area contributed by atoms with Crippen LogP contribution in [0.25, 0.3) is 0 Å². The van der Waals surface area contributed by atoms with E-state index in [0.29, 0.717) is 11.8 Å². The average Bonchev–Trinajstić information content (AvgIpc) is 2.56. The molecule has 4 atom stereocenters. The Morgan fingerprint density at radius 3 is 2.64 bits per heavy atom. The summed E-state index contributed by atoms with van der Waals surface area (Å²) in [6.07, 6.45) is 6.61. The van der Waals surface area contributed by atoms with E-state index in [9.17, 15) is 0 Å². The third-order valence-electron chi connectivity index (χ3n) is 3.11. The second-order valence-corrected chi connectivity index (χ2v) is 4.75. The molecular formula is C9H12Cl2. The van der Waals surface area contributed by atoms with Crippen molar-refractivity contribution in [2.75, 3.05) is 0 Å². The number of hydrogen-bond donors (Lipinski definition) is 0. The van der Waals surface area contributed by atoms with Gasteiger partial charge in [-0.15, -0.1) is 23.2 Å². The predicted molar refractivity (Wildman–Crippen MR) is 49.3 cm³/mol. The Labute approximate surface area is 77.6 Å². The fourth-order valence-corrected chi connectivity index (χ4v) is 3.14. The van der Waals surface area contributed by atoms with Gasteiger partial charge in [0, 0.05) is 0 Å². The summed E-state index contributed by atoms with van der Waals surface area (Å²) in [6.45, 7) is 2.12. The van der Waals surface area contributed by atoms with Gasteiger partial charge in [-0.2, -0.15) is 0 Å². The van der Waals surface area contributed by atoms with Crippen LogP contribution < -0.4 is 0 Å². The zero-order chi connectivity index (χ0) is 8.06. The van der Waals surface area contributed by atoms with Crippen molar-refractivity contribution in [3.8, 4) is 0 Å². The summed E-state index contributed by atoms with van der Waals surface area (Å²) in [6, 6.07) is 0. The fourth-order valence-electron chi connectivity index (χ4n) is 2.32. The van der Waals surface area contributed by atoms with Crippen molar-refractivity contribution >= 4 is 23.2 Å². The van der Waals surface area contributed by atoms with Crippen molar-refractivity contribution in [1.82, 2.24) is 0 Å². The van der Waals surface area contributed by atoms with Gasteiger partial charge in [-0.3, -0.25) is 0 Å². The topological polar surface area (TPSA) is 0 Å². The quantitative estimate of drug-likeness (QED) is 0.441. The molecule has 0 N–H and O–H groups in total. The van der Waals surface area contributed by atoms with Crippen molar-refractivity contribution in [2.45, 2.75) is 30.0 Å². The van der Waals surface area contributed by atoms with Crippen LogP contribution in [0.4, 0.5) is 0 Å². The summed E-state index contributed by atoms with van der Waals surface area (Å²) in [5, 5.41) is 0.157. The van der Waals surface area contributed by atoms with Crippen molar-refractivity contribution in [2.24, 2.45) is 11.8 Å². The Morgan fingerprint density at radius 2 is 2.27 bits per heavy atom. The van der Waals surface area contributed by atoms with E-state index in [1.54, 1.807) is 0 Å². The molecule has 0 aromatic heterocycles. The molecule has 1 saturated carbocycles. The summed E-state index contributed by atoms with van der Waals surface area (Å²) >= 11 is 12.7. The minimum Gasteiger partial charge on any atom is -0.120 e. The van der Waals surface area contributed by atoms with Crippen molar-refractivity contribution in [1.29, 1.82) is 0 Å². The Balaban J connectivity index is 2.31. The maximum atomic E-state index is 6.42. The van der Waals surface area contributed by atoms with Gasteiger partial charge in [0.1, 0.15) is 0 Å². The van der Waals surface area contributed by atoms with Crippen LogP contribution in [-0.2, 0) is 0 Å². The molecule has 0 nitrogen and oxygen atoms in total. The van der Waals surface area contributed by atoms with Crippen LogP contribution in [0, 0.1) is 11.8 Å². The van der Waals surface area contributed by atoms with Gasteiger partial charge in [-0.25, -0.2) is 0 Å². The van der Waals surface area contributed by atoms with E-state index in [1.807, 2.05) is 0 Å². The molecule has 0 aromatic carbocycles. The van der Waals surface area contributed by atoms with Gasteiger partial charge in [0.05, 0.1) is 10.3 Å². The SMILES string of the molecule is CCC1(Cl)C2C=CC(C2)C1Cl. The Hall–Kier alpha value is 0.320. The Kier molecular flexibility index (Phi) is 1.73. The maximum absolute atomic E-state index is 6.42. The third-order valence-corrected chi connectivity index (χ3v) is 4.72. The minimum atomic E-state index is -0.138. The molecule has 2 bridgehead atoms. The lowest BCUT2D eigenvalue weighted by atomic mass is 9.90. The van der Waals surface area contributed by atoms with Gasteiger partial charge in [0.15, 0.2) is 0 Å². The van der Waals surface area contributed by atoms with Crippen LogP contribution in [0.5, 0.6) is 0 Å². The van der Waals surface area contributed by atoms with Gasteiger partial charge in [-0.1, -0.05) is 19.1 Å². The Bertz CT molecular complexity index is 200. The standard InChI is InChI=1S/C9H12Cl2/c1-2-9(11)7-4-3-6(5-7)8(9)10/h3-4,6-8H,2,5H2,1H3. The number of rotatable bonds is 1. The highest BCUT2D eigenvalue weighted by atomic mass is 35.5. The van der Waals surface area contributed by atoms with Gasteiger partial charge >= 0.3 is 0 Å². The van der Waals surface area contributed by atoms with E-state index < -0.39 is 0 Å². The van der Waals surface area contributed by atoms with Gasteiger partial charge < -0.3 is 0 Å². The zero-order valence-electron chi connectivity index (χ0n) is 6.56. The highest BCUT2D eigenvalue weighted by molar-refractivity contribution is 6.33. The van der Waals surface area contributed by atoms with Crippen molar-refractivity contribution < 1.29 is 0 Å². The molecule has 0 heterocycles. The first-order valence-corrected chi connectivity index (χ1v) is 5.01. The smallest absolute Gasteiger partial charge is 0.0675 e. The van der Waals surface area contributed by atoms with Crippen LogP contribution in [0.15, 0.2) is 12.2 Å². The number of allylic oxidation sites excluding steroid dienone is 2. The molecule has 2 aliphatic rings. The highest BCUT2D eigenvalue weighted by Gasteiger charge is 2.53. The molecule has 0 amide bonds. The van der Waals surface area contributed by atoms with Crippen LogP contribution in [0.3, 0.4) is 0 Å². The molecule has 62 valence electrons. The first kappa shape index (κ1) is 7.94. The van der Waals surface area contributed by atoms with Gasteiger partial charge in [0.2, 0.25) is 0 Å². The monoisotopic (exact) mass is 190 g/mol. The fraction of sp³-hybridized carbons (Fsp3) is 0.778. The van der Waals surface area contributed by atoms with Crippen LogP contribution in [0.2, 0.25) is 0 Å². The second kappa shape index (κ2) is 2.40. The molecule has 0 spiro atoms. The molecule has 0 saturated heterocycles. The van der Waals surface area contributed by atoms with E-state index in [-0.39, 0.29) is 10.3 Å². The largest absolute Gasteiger partial charge is 0.120 e. The summed E-state index contributed by atoms with van der Waals surface area (Å²) in [5.74, 6) is 1.07. The first-order chi connectivity index (χ1) is 5.18. The van der Waals surface area contributed by atoms with E-state index >= 15 is 0 Å². The lowest BCUT2D eigenvalue weighted by Gasteiger charge is -2.31. The number of hydrogen-bond acceptors (Lipinski definition) is 0. The minimum absolute atomic E-state index is 0.138. The van der Waals surface area contributed by atoms with Gasteiger partial charge in [-0.05, 0) is 24.7 Å². The highest BCUT2D eigenvalue weighted by Crippen LogP contribution is 2.54. The zero-order valence-corrected chi connectivity index (χ0v) is 8.07. The second-order valence-electron chi connectivity index (χ2n) is 3.57. The van der Waals surface area contributed by atoms with Crippen molar-refractivity contribution in [3.05, 3.63) is 12.2 Å². The third kappa shape index (κ3) is 0.891. The molecule has 2 heteroatoms. The molecule has 0 aliphatic heterocycles. The maximum Gasteiger partial charge on any atom is 0.0675 e. The lowest BCUT2D eigenvalue weighted by molar-refractivity contribution is 0.481. The molecule has 2 rings (SSSR count). The first-order valence-electron chi connectivity index (χ1n) is 4.20. The normalized spacial score (nSPS) is 53.9. The number of alkyl halides is 2. The molecule has 0 radical (unpaired) electrons. The average molecular weight is 191 g/mol. The van der Waals surface area contributed by atoms with E-state index in [2.05, 4.69) is 19.1 Å². The summed E-state index contributed by atoms with van der Waals surface area (Å²) in [5.41, 5.74) is 0. The lowest BCUT2D eigenvalue weighted by Crippen LogP contribution is -2.36. The molecular weight excluding hydrogens is 179 g/mol. The predicted octanol–water partition coefficient (Wildman–Crippen LogP) is 3.19. The van der Waals surface area contributed by atoms with E-state index in [4.69, 9.17) is 23.2 Å². The molecule has 11 heavy (non-hydrogen) atoms. The summed E-state index contributed by atoms with van der Waals surface area (Å²) in [4.78, 5) is -0.138. The molecule has 2 aliphatic carbocycles. The van der Waals surface area contributed by atoms with Crippen LogP contribution in [-0.4, -0.2) is 10.3 Å². The summed E-state index contributed by atoms with van der Waals surface area (Å²) in [7, 11) is 0. The molecule has 0 aromatic rings. The molecule has 4 unspecified atom stereocenters. The molecule has 1 fully saturated rings. The number of halogens is 2. The summed E-state index contributed by atoms with van der Waals surface area (Å²) < 4.78 is 0.